The maximum absolute atomic E-state index is 12.7. The van der Waals surface area contributed by atoms with Gasteiger partial charge in [0.2, 0.25) is 0 Å². The molecule has 1 fully saturated rings. The first kappa shape index (κ1) is 27.3. The molecule has 3 aromatic rings. The lowest BCUT2D eigenvalue weighted by molar-refractivity contribution is 0.0947. The Balaban J connectivity index is 0.00000193. The van der Waals surface area contributed by atoms with Gasteiger partial charge in [0.25, 0.3) is 5.91 Å². The molecule has 4 rings (SSSR count). The average Bonchev–Trinajstić information content (AvgIpc) is 3.18. The van der Waals surface area contributed by atoms with Crippen LogP contribution in [0.3, 0.4) is 0 Å². The topological polar surface area (TPSA) is 64.3 Å². The smallest absolute Gasteiger partial charge is 0.253 e. The van der Waals surface area contributed by atoms with Crippen molar-refractivity contribution in [3.63, 3.8) is 0 Å². The lowest BCUT2D eigenvalue weighted by atomic mass is 10.2. The van der Waals surface area contributed by atoms with Crippen molar-refractivity contribution >= 4 is 59.6 Å². The van der Waals surface area contributed by atoms with Crippen LogP contribution in [0, 0.1) is 6.92 Å². The first-order valence-corrected chi connectivity index (χ1v) is 11.1. The van der Waals surface area contributed by atoms with E-state index in [-0.39, 0.29) is 30.7 Å². The highest BCUT2D eigenvalue weighted by molar-refractivity contribution is 6.43. The summed E-state index contributed by atoms with van der Waals surface area (Å²) >= 11 is 12.5. The van der Waals surface area contributed by atoms with Crippen LogP contribution < -0.4 is 10.2 Å². The van der Waals surface area contributed by atoms with Crippen LogP contribution in [-0.2, 0) is 0 Å². The summed E-state index contributed by atoms with van der Waals surface area (Å²) in [6.45, 7) is 6.87. The van der Waals surface area contributed by atoms with Crippen molar-refractivity contribution in [2.24, 2.45) is 0 Å². The van der Waals surface area contributed by atoms with Crippen LogP contribution in [0.5, 0.6) is 0 Å². The monoisotopic (exact) mass is 529 g/mol. The molecule has 0 radical (unpaired) electrons. The molecule has 1 saturated heterocycles. The van der Waals surface area contributed by atoms with Crippen molar-refractivity contribution in [1.82, 2.24) is 20.2 Å². The van der Waals surface area contributed by atoms with Crippen LogP contribution in [-0.4, -0.2) is 60.0 Å². The van der Waals surface area contributed by atoms with Gasteiger partial charge in [-0.1, -0.05) is 35.3 Å². The fourth-order valence-electron chi connectivity index (χ4n) is 3.83. The molecule has 178 valence electrons. The molecule has 10 heteroatoms. The molecule has 0 aliphatic carbocycles. The molecule has 0 unspecified atom stereocenters. The van der Waals surface area contributed by atoms with E-state index < -0.39 is 0 Å². The van der Waals surface area contributed by atoms with Crippen LogP contribution in [0.25, 0.3) is 11.4 Å². The van der Waals surface area contributed by atoms with Crippen LogP contribution in [0.1, 0.15) is 16.1 Å². The Labute approximate surface area is 216 Å². The highest BCUT2D eigenvalue weighted by Gasteiger charge is 2.20. The summed E-state index contributed by atoms with van der Waals surface area (Å²) in [5.74, 6) is -0.0692. The van der Waals surface area contributed by atoms with E-state index >= 15 is 0 Å². The van der Waals surface area contributed by atoms with Gasteiger partial charge in [0.1, 0.15) is 0 Å². The maximum Gasteiger partial charge on any atom is 0.253 e. The van der Waals surface area contributed by atoms with E-state index in [0.29, 0.717) is 22.2 Å². The van der Waals surface area contributed by atoms with Crippen molar-refractivity contribution in [2.75, 3.05) is 44.2 Å². The number of pyridine rings is 1. The number of nitrogens with zero attached hydrogens (tertiary/aromatic N) is 3. The molecule has 2 aromatic heterocycles. The number of carbonyl (C=O) groups excluding carboxylic acids is 1. The third kappa shape index (κ3) is 6.55. The van der Waals surface area contributed by atoms with Gasteiger partial charge < -0.3 is 15.2 Å². The second-order valence-corrected chi connectivity index (χ2v) is 8.38. The fraction of sp³-hybridized carbons (Fsp3) is 0.304. The zero-order valence-corrected chi connectivity index (χ0v) is 21.3. The predicted molar refractivity (Wildman–Crippen MR) is 141 cm³/mol. The zero-order chi connectivity index (χ0) is 21.8. The molecule has 1 aromatic carbocycles. The molecule has 0 spiro atoms. The number of anilines is 1. The Kier molecular flexibility index (Phi) is 10.3. The van der Waals surface area contributed by atoms with Crippen molar-refractivity contribution < 1.29 is 4.79 Å². The molecule has 1 aliphatic rings. The van der Waals surface area contributed by atoms with Crippen LogP contribution in [0.2, 0.25) is 10.0 Å². The molecule has 0 saturated carbocycles. The van der Waals surface area contributed by atoms with Gasteiger partial charge in [-0.25, -0.2) is 0 Å². The number of benzene rings is 1. The van der Waals surface area contributed by atoms with Gasteiger partial charge >= 0.3 is 0 Å². The highest BCUT2D eigenvalue weighted by atomic mass is 35.5. The van der Waals surface area contributed by atoms with Crippen LogP contribution >= 0.6 is 48.0 Å². The second kappa shape index (κ2) is 12.5. The Morgan fingerprint density at radius 2 is 1.85 bits per heavy atom. The van der Waals surface area contributed by atoms with Gasteiger partial charge in [-0.15, -0.1) is 24.8 Å². The number of amides is 1. The Morgan fingerprint density at radius 3 is 2.55 bits per heavy atom. The summed E-state index contributed by atoms with van der Waals surface area (Å²) in [4.78, 5) is 24.8. The van der Waals surface area contributed by atoms with E-state index in [4.69, 9.17) is 23.2 Å². The number of carbonyl (C=O) groups is 1. The second-order valence-electron chi connectivity index (χ2n) is 7.59. The average molecular weight is 531 g/mol. The van der Waals surface area contributed by atoms with E-state index in [1.54, 1.807) is 12.3 Å². The van der Waals surface area contributed by atoms with E-state index in [9.17, 15) is 4.79 Å². The Bertz CT molecular complexity index is 1050. The van der Waals surface area contributed by atoms with Gasteiger partial charge in [-0.2, -0.15) is 0 Å². The maximum atomic E-state index is 12.7. The number of aryl methyl sites for hydroxylation is 1. The van der Waals surface area contributed by atoms with E-state index in [1.807, 2.05) is 43.3 Å². The number of piperazine rings is 1. The van der Waals surface area contributed by atoms with Gasteiger partial charge in [0.15, 0.2) is 0 Å². The fourth-order valence-corrected chi connectivity index (χ4v) is 4.24. The van der Waals surface area contributed by atoms with Crippen molar-refractivity contribution in [3.8, 4) is 11.4 Å². The summed E-state index contributed by atoms with van der Waals surface area (Å²) in [7, 11) is 0. The standard InChI is InChI=1S/C23H25Cl2N5O.2ClH/c1-16-17(15-20(28-16)19-6-2-3-8-26-19)23(31)27-9-10-29-11-13-30(14-12-29)21-7-4-5-18(24)22(21)25;;/h2-8,15,28H,9-14H2,1H3,(H,27,31);2*1H. The number of aromatic amines is 1. The summed E-state index contributed by atoms with van der Waals surface area (Å²) in [5, 5.41) is 4.23. The van der Waals surface area contributed by atoms with E-state index in [1.165, 1.54) is 0 Å². The third-order valence-corrected chi connectivity index (χ3v) is 6.37. The molecule has 1 amide bonds. The number of aromatic nitrogens is 2. The molecule has 0 bridgehead atoms. The SMILES string of the molecule is Cc1[nH]c(-c2ccccn2)cc1C(=O)NCCN1CCN(c2cccc(Cl)c2Cl)CC1.Cl.Cl. The lowest BCUT2D eigenvalue weighted by Crippen LogP contribution is -2.48. The van der Waals surface area contributed by atoms with Crippen molar-refractivity contribution in [2.45, 2.75) is 6.92 Å². The number of hydrogen-bond donors (Lipinski definition) is 2. The quantitative estimate of drug-likeness (QED) is 0.466. The summed E-state index contributed by atoms with van der Waals surface area (Å²) in [5.41, 5.74) is 4.14. The molecular weight excluding hydrogens is 504 g/mol. The molecular formula is C23H27Cl4N5O. The minimum Gasteiger partial charge on any atom is -0.368 e. The van der Waals surface area contributed by atoms with Crippen molar-refractivity contribution in [3.05, 3.63) is 70.0 Å². The van der Waals surface area contributed by atoms with Crippen LogP contribution in [0.15, 0.2) is 48.7 Å². The normalized spacial score (nSPS) is 13.7. The lowest BCUT2D eigenvalue weighted by Gasteiger charge is -2.36. The molecule has 0 atom stereocenters. The minimum absolute atomic E-state index is 0. The van der Waals surface area contributed by atoms with Gasteiger partial charge in [-0.3, -0.25) is 14.7 Å². The molecule has 3 heterocycles. The number of H-pyrrole nitrogens is 1. The van der Waals surface area contributed by atoms with E-state index in [0.717, 1.165) is 55.5 Å². The predicted octanol–water partition coefficient (Wildman–Crippen LogP) is 5.09. The number of halogens is 4. The minimum atomic E-state index is -0.0692. The molecule has 2 N–H and O–H groups in total. The van der Waals surface area contributed by atoms with Gasteiger partial charge in [0.05, 0.1) is 32.7 Å². The summed E-state index contributed by atoms with van der Waals surface area (Å²) < 4.78 is 0. The van der Waals surface area contributed by atoms with Gasteiger partial charge in [0, 0.05) is 51.2 Å². The third-order valence-electron chi connectivity index (χ3n) is 5.56. The van der Waals surface area contributed by atoms with Crippen molar-refractivity contribution in [1.29, 1.82) is 0 Å². The zero-order valence-electron chi connectivity index (χ0n) is 18.2. The first-order valence-electron chi connectivity index (χ1n) is 10.3. The molecule has 6 nitrogen and oxygen atoms in total. The van der Waals surface area contributed by atoms with Gasteiger partial charge in [-0.05, 0) is 37.3 Å². The van der Waals surface area contributed by atoms with Crippen LogP contribution in [0.4, 0.5) is 5.69 Å². The first-order chi connectivity index (χ1) is 15.0. The Morgan fingerprint density at radius 1 is 1.09 bits per heavy atom. The summed E-state index contributed by atoms with van der Waals surface area (Å²) in [6.07, 6.45) is 1.74. The number of hydrogen-bond acceptors (Lipinski definition) is 4. The summed E-state index contributed by atoms with van der Waals surface area (Å²) in [6, 6.07) is 13.3. The van der Waals surface area contributed by atoms with E-state index in [2.05, 4.69) is 25.1 Å². The number of rotatable bonds is 6. The highest BCUT2D eigenvalue weighted by Crippen LogP contribution is 2.32. The Hall–Kier alpha value is -1.96. The molecule has 33 heavy (non-hydrogen) atoms. The number of nitrogens with one attached hydrogen (secondary N) is 2. The largest absolute Gasteiger partial charge is 0.368 e. The molecule has 1 aliphatic heterocycles.